The lowest BCUT2D eigenvalue weighted by molar-refractivity contribution is -0.133. The van der Waals surface area contributed by atoms with Crippen molar-refractivity contribution in [2.75, 3.05) is 11.9 Å². The molecule has 0 fully saturated rings. The molecule has 0 radical (unpaired) electrons. The average molecular weight is 208 g/mol. The van der Waals surface area contributed by atoms with Crippen LogP contribution >= 0.6 is 0 Å². The second kappa shape index (κ2) is 5.77. The molecular formula is C10H12N2O3. The van der Waals surface area contributed by atoms with Crippen LogP contribution < -0.4 is 11.1 Å². The van der Waals surface area contributed by atoms with Gasteiger partial charge in [-0.05, 0) is 17.7 Å². The third-order valence-electron chi connectivity index (χ3n) is 1.94. The second-order valence-electron chi connectivity index (χ2n) is 2.84. The van der Waals surface area contributed by atoms with Gasteiger partial charge in [-0.1, -0.05) is 12.1 Å². The maximum absolute atomic E-state index is 10.2. The zero-order valence-electron chi connectivity index (χ0n) is 8.05. The molecule has 1 atom stereocenters. The molecule has 0 bridgehead atoms. The standard InChI is InChI=1S/C10H12N2O3/c11-5-10(15-7-14)8-1-3-9(4-2-8)12-6-13/h1-4,6-7,10H,5,11H2,(H,12,13). The van der Waals surface area contributed by atoms with Crippen molar-refractivity contribution in [1.29, 1.82) is 0 Å². The Morgan fingerprint density at radius 3 is 2.47 bits per heavy atom. The Labute approximate surface area is 87.2 Å². The maximum atomic E-state index is 10.2. The molecule has 0 saturated heterocycles. The molecule has 15 heavy (non-hydrogen) atoms. The summed E-state index contributed by atoms with van der Waals surface area (Å²) in [4.78, 5) is 20.3. The number of rotatable bonds is 6. The largest absolute Gasteiger partial charge is 0.458 e. The van der Waals surface area contributed by atoms with Crippen molar-refractivity contribution in [2.45, 2.75) is 6.10 Å². The number of carbonyl (C=O) groups is 2. The summed E-state index contributed by atoms with van der Waals surface area (Å²) in [5.74, 6) is 0. The van der Waals surface area contributed by atoms with Crippen LogP contribution in [0, 0.1) is 0 Å². The van der Waals surface area contributed by atoms with Crippen molar-refractivity contribution >= 4 is 18.6 Å². The Morgan fingerprint density at radius 2 is 2.00 bits per heavy atom. The highest BCUT2D eigenvalue weighted by atomic mass is 16.5. The third kappa shape index (κ3) is 3.07. The summed E-state index contributed by atoms with van der Waals surface area (Å²) >= 11 is 0. The molecule has 0 aliphatic carbocycles. The van der Waals surface area contributed by atoms with Crippen LogP contribution in [-0.4, -0.2) is 19.4 Å². The van der Waals surface area contributed by atoms with Crippen LogP contribution in [0.3, 0.4) is 0 Å². The van der Waals surface area contributed by atoms with Crippen LogP contribution in [0.5, 0.6) is 0 Å². The van der Waals surface area contributed by atoms with Gasteiger partial charge >= 0.3 is 0 Å². The van der Waals surface area contributed by atoms with E-state index in [1.165, 1.54) is 0 Å². The molecule has 0 aromatic heterocycles. The van der Waals surface area contributed by atoms with Gasteiger partial charge in [0.25, 0.3) is 6.47 Å². The minimum absolute atomic E-state index is 0.221. The van der Waals surface area contributed by atoms with Gasteiger partial charge in [-0.15, -0.1) is 0 Å². The van der Waals surface area contributed by atoms with Crippen LogP contribution in [0.2, 0.25) is 0 Å². The number of nitrogens with two attached hydrogens (primary N) is 1. The van der Waals surface area contributed by atoms with Crippen LogP contribution in [0.15, 0.2) is 24.3 Å². The number of benzene rings is 1. The summed E-state index contributed by atoms with van der Waals surface area (Å²) < 4.78 is 4.78. The van der Waals surface area contributed by atoms with Crippen molar-refractivity contribution in [3.05, 3.63) is 29.8 Å². The van der Waals surface area contributed by atoms with Crippen molar-refractivity contribution in [1.82, 2.24) is 0 Å². The fourth-order valence-electron chi connectivity index (χ4n) is 1.20. The first kappa shape index (κ1) is 11.2. The van der Waals surface area contributed by atoms with Crippen molar-refractivity contribution in [3.63, 3.8) is 0 Å². The van der Waals surface area contributed by atoms with E-state index in [0.29, 0.717) is 18.6 Å². The molecular weight excluding hydrogens is 196 g/mol. The first-order valence-electron chi connectivity index (χ1n) is 4.41. The lowest BCUT2D eigenvalue weighted by Gasteiger charge is -2.13. The van der Waals surface area contributed by atoms with Gasteiger partial charge in [-0.3, -0.25) is 9.59 Å². The molecule has 0 heterocycles. The Morgan fingerprint density at radius 1 is 1.33 bits per heavy atom. The van der Waals surface area contributed by atoms with E-state index in [4.69, 9.17) is 10.5 Å². The summed E-state index contributed by atoms with van der Waals surface area (Å²) in [6.07, 6.45) is 0.157. The molecule has 3 N–H and O–H groups in total. The topological polar surface area (TPSA) is 81.4 Å². The van der Waals surface area contributed by atoms with E-state index in [-0.39, 0.29) is 6.54 Å². The fraction of sp³-hybridized carbons (Fsp3) is 0.200. The van der Waals surface area contributed by atoms with Gasteiger partial charge in [0, 0.05) is 12.2 Å². The second-order valence-corrected chi connectivity index (χ2v) is 2.84. The minimum atomic E-state index is -0.437. The van der Waals surface area contributed by atoms with Crippen LogP contribution in [-0.2, 0) is 14.3 Å². The highest BCUT2D eigenvalue weighted by molar-refractivity contribution is 5.71. The number of carbonyl (C=O) groups excluding carboxylic acids is 2. The Balaban J connectivity index is 2.76. The lowest BCUT2D eigenvalue weighted by atomic mass is 10.1. The van der Waals surface area contributed by atoms with Crippen molar-refractivity contribution < 1.29 is 14.3 Å². The maximum Gasteiger partial charge on any atom is 0.293 e. The average Bonchev–Trinajstić information content (AvgIpc) is 2.28. The quantitative estimate of drug-likeness (QED) is 0.664. The first-order chi connectivity index (χ1) is 7.31. The first-order valence-corrected chi connectivity index (χ1v) is 4.41. The van der Waals surface area contributed by atoms with Gasteiger partial charge in [0.1, 0.15) is 6.10 Å². The van der Waals surface area contributed by atoms with Crippen molar-refractivity contribution in [2.24, 2.45) is 5.73 Å². The molecule has 0 aliphatic rings. The molecule has 1 unspecified atom stereocenters. The van der Waals surface area contributed by atoms with Gasteiger partial charge in [0.05, 0.1) is 0 Å². The van der Waals surface area contributed by atoms with Gasteiger partial charge in [-0.25, -0.2) is 0 Å². The molecule has 5 nitrogen and oxygen atoms in total. The number of hydrogen-bond acceptors (Lipinski definition) is 4. The number of hydrogen-bond donors (Lipinski definition) is 2. The van der Waals surface area contributed by atoms with Gasteiger partial charge in [-0.2, -0.15) is 0 Å². The Bertz CT molecular complexity index is 324. The molecule has 1 amide bonds. The molecule has 1 aromatic carbocycles. The van der Waals surface area contributed by atoms with Gasteiger partial charge in [0.15, 0.2) is 0 Å². The monoisotopic (exact) mass is 208 g/mol. The number of anilines is 1. The smallest absolute Gasteiger partial charge is 0.293 e. The summed E-state index contributed by atoms with van der Waals surface area (Å²) in [6.45, 7) is 0.592. The summed E-state index contributed by atoms with van der Waals surface area (Å²) in [5, 5.41) is 2.50. The number of amides is 1. The Hall–Kier alpha value is -1.88. The summed E-state index contributed by atoms with van der Waals surface area (Å²) in [5.41, 5.74) is 6.90. The van der Waals surface area contributed by atoms with E-state index >= 15 is 0 Å². The summed E-state index contributed by atoms with van der Waals surface area (Å²) in [7, 11) is 0. The molecule has 1 aromatic rings. The molecule has 0 aliphatic heterocycles. The van der Waals surface area contributed by atoms with E-state index in [2.05, 4.69) is 5.32 Å². The molecule has 1 rings (SSSR count). The fourth-order valence-corrected chi connectivity index (χ4v) is 1.20. The molecule has 5 heteroatoms. The zero-order chi connectivity index (χ0) is 11.1. The van der Waals surface area contributed by atoms with Crippen LogP contribution in [0.1, 0.15) is 11.7 Å². The van der Waals surface area contributed by atoms with E-state index < -0.39 is 6.10 Å². The van der Waals surface area contributed by atoms with E-state index in [0.717, 1.165) is 5.56 Å². The van der Waals surface area contributed by atoms with E-state index in [1.807, 2.05) is 0 Å². The SMILES string of the molecule is NCC(OC=O)c1ccc(NC=O)cc1. The third-order valence-corrected chi connectivity index (χ3v) is 1.94. The van der Waals surface area contributed by atoms with E-state index in [1.54, 1.807) is 24.3 Å². The highest BCUT2D eigenvalue weighted by Gasteiger charge is 2.09. The molecule has 80 valence electrons. The minimum Gasteiger partial charge on any atom is -0.458 e. The zero-order valence-corrected chi connectivity index (χ0v) is 8.05. The summed E-state index contributed by atoms with van der Waals surface area (Å²) in [6, 6.07) is 6.90. The van der Waals surface area contributed by atoms with Gasteiger partial charge in [0.2, 0.25) is 6.41 Å². The van der Waals surface area contributed by atoms with Crippen LogP contribution in [0.25, 0.3) is 0 Å². The van der Waals surface area contributed by atoms with Crippen LogP contribution in [0.4, 0.5) is 5.69 Å². The molecule has 0 saturated carbocycles. The van der Waals surface area contributed by atoms with E-state index in [9.17, 15) is 9.59 Å². The predicted octanol–water partition coefficient (Wildman–Crippen LogP) is 0.428. The Kier molecular flexibility index (Phi) is 4.30. The number of ether oxygens (including phenoxy) is 1. The van der Waals surface area contributed by atoms with Gasteiger partial charge < -0.3 is 15.8 Å². The lowest BCUT2D eigenvalue weighted by Crippen LogP contribution is -2.15. The predicted molar refractivity (Wildman–Crippen MR) is 55.1 cm³/mol. The number of nitrogens with one attached hydrogen (secondary N) is 1. The highest BCUT2D eigenvalue weighted by Crippen LogP contribution is 2.17. The van der Waals surface area contributed by atoms with Crippen molar-refractivity contribution in [3.8, 4) is 0 Å². The normalized spacial score (nSPS) is 11.5. The molecule has 0 spiro atoms.